The topological polar surface area (TPSA) is 112 Å². The Morgan fingerprint density at radius 2 is 1.53 bits per heavy atom. The first-order valence-electron chi connectivity index (χ1n) is 9.00. The van der Waals surface area contributed by atoms with Crippen LogP contribution in [0.5, 0.6) is 11.5 Å². The van der Waals surface area contributed by atoms with Gasteiger partial charge in [0.05, 0.1) is 45.3 Å². The van der Waals surface area contributed by atoms with E-state index in [4.69, 9.17) is 14.2 Å². The van der Waals surface area contributed by atoms with Gasteiger partial charge in [-0.05, 0) is 42.3 Å². The largest absolute Gasteiger partial charge is 0.493 e. The number of nitrogens with one attached hydrogen (secondary N) is 2. The fourth-order valence-electron chi connectivity index (χ4n) is 2.70. The monoisotopic (exact) mass is 416 g/mol. The van der Waals surface area contributed by atoms with Crippen LogP contribution in [0.3, 0.4) is 0 Å². The predicted molar refractivity (Wildman–Crippen MR) is 109 cm³/mol. The third-order valence-corrected chi connectivity index (χ3v) is 4.24. The molecule has 0 fully saturated rings. The summed E-state index contributed by atoms with van der Waals surface area (Å²) in [4.78, 5) is 36.0. The SMILES string of the molecule is COC(=O)c1ccc(C(=O)OC)c(NC(=O)NCCc2ccc(OC)c(OC)c2)c1. The number of hydrogen-bond acceptors (Lipinski definition) is 7. The zero-order valence-corrected chi connectivity index (χ0v) is 17.2. The minimum atomic E-state index is -0.646. The maximum absolute atomic E-state index is 12.3. The molecule has 0 heterocycles. The van der Waals surface area contributed by atoms with Gasteiger partial charge < -0.3 is 29.6 Å². The minimum absolute atomic E-state index is 0.111. The molecule has 2 amide bonds. The van der Waals surface area contributed by atoms with E-state index in [9.17, 15) is 14.4 Å². The van der Waals surface area contributed by atoms with Gasteiger partial charge in [-0.2, -0.15) is 0 Å². The van der Waals surface area contributed by atoms with Crippen LogP contribution in [-0.2, 0) is 15.9 Å². The van der Waals surface area contributed by atoms with Crippen molar-refractivity contribution >= 4 is 23.7 Å². The number of carbonyl (C=O) groups excluding carboxylic acids is 3. The maximum Gasteiger partial charge on any atom is 0.339 e. The van der Waals surface area contributed by atoms with Gasteiger partial charge in [0.15, 0.2) is 11.5 Å². The lowest BCUT2D eigenvalue weighted by molar-refractivity contribution is 0.0587. The highest BCUT2D eigenvalue weighted by molar-refractivity contribution is 6.03. The lowest BCUT2D eigenvalue weighted by Gasteiger charge is -2.13. The molecule has 0 aliphatic rings. The summed E-state index contributed by atoms with van der Waals surface area (Å²) in [5.74, 6) is -0.0232. The van der Waals surface area contributed by atoms with Crippen molar-refractivity contribution in [3.8, 4) is 11.5 Å². The van der Waals surface area contributed by atoms with Gasteiger partial charge >= 0.3 is 18.0 Å². The summed E-state index contributed by atoms with van der Waals surface area (Å²) in [5.41, 5.74) is 1.37. The molecule has 9 nitrogen and oxygen atoms in total. The second kappa shape index (κ2) is 10.7. The average molecular weight is 416 g/mol. The Balaban J connectivity index is 2.05. The van der Waals surface area contributed by atoms with E-state index in [0.717, 1.165) is 5.56 Å². The summed E-state index contributed by atoms with van der Waals surface area (Å²) in [5, 5.41) is 5.27. The Labute approximate surface area is 174 Å². The molecule has 0 saturated heterocycles. The average Bonchev–Trinajstić information content (AvgIpc) is 2.77. The first-order chi connectivity index (χ1) is 14.4. The van der Waals surface area contributed by atoms with Gasteiger partial charge in [-0.25, -0.2) is 14.4 Å². The van der Waals surface area contributed by atoms with Crippen LogP contribution in [0.4, 0.5) is 10.5 Å². The molecule has 30 heavy (non-hydrogen) atoms. The van der Waals surface area contributed by atoms with Crippen molar-refractivity contribution in [3.63, 3.8) is 0 Å². The molecule has 2 rings (SSSR count). The van der Waals surface area contributed by atoms with Crippen LogP contribution in [0.1, 0.15) is 26.3 Å². The predicted octanol–water partition coefficient (Wildman–Crippen LogP) is 2.64. The molecule has 0 bridgehead atoms. The number of hydrogen-bond donors (Lipinski definition) is 2. The minimum Gasteiger partial charge on any atom is -0.493 e. The van der Waals surface area contributed by atoms with Crippen molar-refractivity contribution in [1.82, 2.24) is 5.32 Å². The molecular weight excluding hydrogens is 392 g/mol. The molecule has 0 saturated carbocycles. The van der Waals surface area contributed by atoms with Gasteiger partial charge in [0.1, 0.15) is 0 Å². The number of carbonyl (C=O) groups is 3. The number of anilines is 1. The van der Waals surface area contributed by atoms with Gasteiger partial charge in [-0.1, -0.05) is 6.07 Å². The van der Waals surface area contributed by atoms with E-state index in [1.165, 1.54) is 32.4 Å². The van der Waals surface area contributed by atoms with Crippen molar-refractivity contribution < 1.29 is 33.3 Å². The number of rotatable bonds is 8. The molecule has 0 radical (unpaired) electrons. The number of amides is 2. The van der Waals surface area contributed by atoms with Crippen LogP contribution in [0.2, 0.25) is 0 Å². The van der Waals surface area contributed by atoms with Gasteiger partial charge in [-0.15, -0.1) is 0 Å². The molecule has 0 spiro atoms. The Morgan fingerprint density at radius 1 is 0.833 bits per heavy atom. The molecule has 0 aliphatic heterocycles. The first-order valence-corrected chi connectivity index (χ1v) is 9.00. The summed E-state index contributed by atoms with van der Waals surface area (Å²) in [6, 6.07) is 9.10. The molecule has 160 valence electrons. The van der Waals surface area contributed by atoms with E-state index >= 15 is 0 Å². The van der Waals surface area contributed by atoms with Crippen molar-refractivity contribution in [2.24, 2.45) is 0 Å². The Bertz CT molecular complexity index is 928. The Morgan fingerprint density at radius 3 is 2.17 bits per heavy atom. The van der Waals surface area contributed by atoms with Crippen molar-refractivity contribution in [2.75, 3.05) is 40.3 Å². The zero-order valence-electron chi connectivity index (χ0n) is 17.2. The lowest BCUT2D eigenvalue weighted by Crippen LogP contribution is -2.31. The lowest BCUT2D eigenvalue weighted by atomic mass is 10.1. The van der Waals surface area contributed by atoms with Crippen LogP contribution in [0.15, 0.2) is 36.4 Å². The summed E-state index contributed by atoms with van der Waals surface area (Å²) < 4.78 is 19.8. The highest BCUT2D eigenvalue weighted by atomic mass is 16.5. The Kier molecular flexibility index (Phi) is 8.04. The number of benzene rings is 2. The molecule has 0 unspecified atom stereocenters. The van der Waals surface area contributed by atoms with Crippen LogP contribution in [-0.4, -0.2) is 53.0 Å². The van der Waals surface area contributed by atoms with E-state index in [1.807, 2.05) is 12.1 Å². The highest BCUT2D eigenvalue weighted by Gasteiger charge is 2.17. The summed E-state index contributed by atoms with van der Waals surface area (Å²) in [7, 11) is 5.57. The fraction of sp³-hybridized carbons (Fsp3) is 0.286. The van der Waals surface area contributed by atoms with E-state index in [0.29, 0.717) is 24.5 Å². The molecular formula is C21H24N2O7. The number of urea groups is 1. The van der Waals surface area contributed by atoms with E-state index in [-0.39, 0.29) is 16.8 Å². The van der Waals surface area contributed by atoms with Crippen LogP contribution in [0, 0.1) is 0 Å². The quantitative estimate of drug-likeness (QED) is 0.636. The molecule has 2 aromatic rings. The van der Waals surface area contributed by atoms with Gasteiger partial charge in [0.25, 0.3) is 0 Å². The number of ether oxygens (including phenoxy) is 4. The normalized spacial score (nSPS) is 10.0. The third-order valence-electron chi connectivity index (χ3n) is 4.24. The molecule has 2 aromatic carbocycles. The second-order valence-corrected chi connectivity index (χ2v) is 6.06. The Hall–Kier alpha value is -3.75. The van der Waals surface area contributed by atoms with Crippen molar-refractivity contribution in [1.29, 1.82) is 0 Å². The van der Waals surface area contributed by atoms with Crippen LogP contribution < -0.4 is 20.1 Å². The van der Waals surface area contributed by atoms with Gasteiger partial charge in [-0.3, -0.25) is 0 Å². The molecule has 0 aromatic heterocycles. The third kappa shape index (κ3) is 5.63. The summed E-state index contributed by atoms with van der Waals surface area (Å²) in [6.07, 6.45) is 0.542. The number of esters is 2. The number of methoxy groups -OCH3 is 4. The van der Waals surface area contributed by atoms with E-state index in [1.54, 1.807) is 20.3 Å². The zero-order chi connectivity index (χ0) is 22.1. The first kappa shape index (κ1) is 22.5. The fourth-order valence-corrected chi connectivity index (χ4v) is 2.70. The van der Waals surface area contributed by atoms with Crippen molar-refractivity contribution in [3.05, 3.63) is 53.1 Å². The van der Waals surface area contributed by atoms with Crippen LogP contribution in [0.25, 0.3) is 0 Å². The van der Waals surface area contributed by atoms with Gasteiger partial charge in [0.2, 0.25) is 0 Å². The molecule has 9 heteroatoms. The smallest absolute Gasteiger partial charge is 0.339 e. The molecule has 2 N–H and O–H groups in total. The standard InChI is InChI=1S/C21H24N2O7/c1-27-17-8-5-13(11-18(17)28-2)9-10-22-21(26)23-16-12-14(19(24)29-3)6-7-15(16)20(25)30-4/h5-8,11-12H,9-10H2,1-4H3,(H2,22,23,26). The van der Waals surface area contributed by atoms with Gasteiger partial charge in [0, 0.05) is 6.54 Å². The van der Waals surface area contributed by atoms with Crippen LogP contribution >= 0.6 is 0 Å². The van der Waals surface area contributed by atoms with Crippen molar-refractivity contribution in [2.45, 2.75) is 6.42 Å². The van der Waals surface area contributed by atoms with E-state index in [2.05, 4.69) is 15.4 Å². The maximum atomic E-state index is 12.3. The van der Waals surface area contributed by atoms with E-state index < -0.39 is 18.0 Å². The molecule has 0 aliphatic carbocycles. The highest BCUT2D eigenvalue weighted by Crippen LogP contribution is 2.27. The summed E-state index contributed by atoms with van der Waals surface area (Å²) in [6.45, 7) is 0.325. The molecule has 0 atom stereocenters. The summed E-state index contributed by atoms with van der Waals surface area (Å²) >= 11 is 0. The second-order valence-electron chi connectivity index (χ2n) is 6.06.